The summed E-state index contributed by atoms with van der Waals surface area (Å²) in [7, 11) is 0. The summed E-state index contributed by atoms with van der Waals surface area (Å²) in [5.41, 5.74) is 1.99. The van der Waals surface area contributed by atoms with E-state index in [2.05, 4.69) is 36.3 Å². The zero-order valence-electron chi connectivity index (χ0n) is 16.0. The van der Waals surface area contributed by atoms with E-state index in [1.807, 2.05) is 25.6 Å². The summed E-state index contributed by atoms with van der Waals surface area (Å²) in [6.07, 6.45) is 3.84. The fraction of sp³-hybridized carbons (Fsp3) is 0.524. The van der Waals surface area contributed by atoms with Crippen LogP contribution in [-0.4, -0.2) is 29.0 Å². The Morgan fingerprint density at radius 1 is 1.23 bits per heavy atom. The van der Waals surface area contributed by atoms with Crippen LogP contribution in [0.15, 0.2) is 45.6 Å². The van der Waals surface area contributed by atoms with Crippen LogP contribution in [0.5, 0.6) is 0 Å². The second-order valence-electron chi connectivity index (χ2n) is 6.43. The summed E-state index contributed by atoms with van der Waals surface area (Å²) < 4.78 is 0. The second kappa shape index (κ2) is 10.4. The first kappa shape index (κ1) is 20.6. The van der Waals surface area contributed by atoms with Crippen molar-refractivity contribution in [1.82, 2.24) is 0 Å². The molecule has 0 saturated carbocycles. The Balaban J connectivity index is 2.11. The number of thioether (sulfide) groups is 1. The van der Waals surface area contributed by atoms with E-state index in [0.717, 1.165) is 11.3 Å². The maximum atomic E-state index is 12.6. The lowest BCUT2D eigenvalue weighted by atomic mass is 9.81. The van der Waals surface area contributed by atoms with E-state index in [1.54, 1.807) is 0 Å². The van der Waals surface area contributed by atoms with E-state index in [-0.39, 0.29) is 17.5 Å². The normalized spacial score (nSPS) is 18.3. The third-order valence-corrected chi connectivity index (χ3v) is 5.58. The maximum absolute atomic E-state index is 12.6. The molecule has 0 radical (unpaired) electrons. The number of benzene rings is 1. The topological polar surface area (TPSA) is 58.9 Å². The second-order valence-corrected chi connectivity index (χ2v) is 7.60. The first-order valence-corrected chi connectivity index (χ1v) is 10.5. The van der Waals surface area contributed by atoms with Crippen LogP contribution in [0, 0.1) is 0 Å². The highest BCUT2D eigenvalue weighted by molar-refractivity contribution is 7.99. The highest BCUT2D eigenvalue weighted by atomic mass is 32.2. The standard InChI is InChI=1S/C21H29NO3S/c1-4-7-12-26-17-10-8-15(9-11-17)16-13-19(23)21(20(24)14-16)18(5-2)22-25-6-3/h8-11,16,23H,4-7,12-14H2,1-3H3. The monoisotopic (exact) mass is 375 g/mol. The molecule has 1 N–H and O–H groups in total. The number of carbonyl (C=O) groups is 1. The van der Waals surface area contributed by atoms with Gasteiger partial charge in [-0.2, -0.15) is 0 Å². The average molecular weight is 376 g/mol. The Kier molecular flexibility index (Phi) is 8.23. The van der Waals surface area contributed by atoms with E-state index < -0.39 is 0 Å². The van der Waals surface area contributed by atoms with Crippen LogP contribution >= 0.6 is 11.8 Å². The van der Waals surface area contributed by atoms with Gasteiger partial charge < -0.3 is 9.94 Å². The molecule has 26 heavy (non-hydrogen) atoms. The summed E-state index contributed by atoms with van der Waals surface area (Å²) in [6, 6.07) is 8.40. The summed E-state index contributed by atoms with van der Waals surface area (Å²) in [6.45, 7) is 6.39. The largest absolute Gasteiger partial charge is 0.511 e. The number of hydrogen-bond acceptors (Lipinski definition) is 5. The van der Waals surface area contributed by atoms with Crippen LogP contribution in [-0.2, 0) is 9.63 Å². The van der Waals surface area contributed by atoms with Crippen molar-refractivity contribution in [3.05, 3.63) is 41.2 Å². The van der Waals surface area contributed by atoms with E-state index >= 15 is 0 Å². The maximum Gasteiger partial charge on any atom is 0.168 e. The molecule has 1 aromatic rings. The first-order valence-electron chi connectivity index (χ1n) is 9.47. The van der Waals surface area contributed by atoms with Gasteiger partial charge in [0, 0.05) is 17.7 Å². The lowest BCUT2D eigenvalue weighted by Crippen LogP contribution is -2.23. The number of ketones is 1. The van der Waals surface area contributed by atoms with Crippen molar-refractivity contribution in [3.8, 4) is 0 Å². The van der Waals surface area contributed by atoms with E-state index in [1.165, 1.54) is 17.7 Å². The third-order valence-electron chi connectivity index (χ3n) is 4.48. The van der Waals surface area contributed by atoms with Gasteiger partial charge in [-0.15, -0.1) is 11.8 Å². The molecule has 0 aliphatic heterocycles. The number of oxime groups is 1. The number of hydrogen-bond donors (Lipinski definition) is 1. The van der Waals surface area contributed by atoms with Gasteiger partial charge in [-0.3, -0.25) is 4.79 Å². The predicted molar refractivity (Wildman–Crippen MR) is 108 cm³/mol. The lowest BCUT2D eigenvalue weighted by Gasteiger charge is -2.24. The highest BCUT2D eigenvalue weighted by Gasteiger charge is 2.31. The number of nitrogens with zero attached hydrogens (tertiary/aromatic N) is 1. The van der Waals surface area contributed by atoms with Gasteiger partial charge in [-0.25, -0.2) is 0 Å². The molecule has 1 aliphatic rings. The van der Waals surface area contributed by atoms with Crippen molar-refractivity contribution >= 4 is 23.3 Å². The quantitative estimate of drug-likeness (QED) is 0.263. The molecular formula is C21H29NO3S. The number of allylic oxidation sites excluding steroid dienone is 2. The van der Waals surface area contributed by atoms with Gasteiger partial charge >= 0.3 is 0 Å². The predicted octanol–water partition coefficient (Wildman–Crippen LogP) is 5.64. The molecule has 0 bridgehead atoms. The van der Waals surface area contributed by atoms with E-state index in [0.29, 0.717) is 37.2 Å². The summed E-state index contributed by atoms with van der Waals surface area (Å²) >= 11 is 1.86. The Labute approximate surface area is 160 Å². The Hall–Kier alpha value is -1.75. The number of rotatable bonds is 9. The van der Waals surface area contributed by atoms with Gasteiger partial charge in [-0.05, 0) is 49.1 Å². The number of unbranched alkanes of at least 4 members (excludes halogenated alkanes) is 1. The van der Waals surface area contributed by atoms with Gasteiger partial charge in [0.2, 0.25) is 0 Å². The minimum absolute atomic E-state index is 0.0196. The van der Waals surface area contributed by atoms with Gasteiger partial charge in [0.1, 0.15) is 12.4 Å². The molecule has 1 unspecified atom stereocenters. The minimum atomic E-state index is -0.0551. The molecule has 1 aromatic carbocycles. The average Bonchev–Trinajstić information content (AvgIpc) is 2.64. The molecule has 1 atom stereocenters. The summed E-state index contributed by atoms with van der Waals surface area (Å²) in [5.74, 6) is 1.23. The Bertz CT molecular complexity index is 664. The number of aliphatic hydroxyl groups excluding tert-OH is 1. The molecular weight excluding hydrogens is 346 g/mol. The van der Waals surface area contributed by atoms with Crippen molar-refractivity contribution < 1.29 is 14.7 Å². The molecule has 0 heterocycles. The fourth-order valence-corrected chi connectivity index (χ4v) is 4.05. The number of carbonyl (C=O) groups excluding carboxylic acids is 1. The van der Waals surface area contributed by atoms with Crippen LogP contribution < -0.4 is 0 Å². The molecule has 2 rings (SSSR count). The molecule has 0 spiro atoms. The van der Waals surface area contributed by atoms with Crippen LogP contribution in [0.1, 0.15) is 64.4 Å². The van der Waals surface area contributed by atoms with Gasteiger partial charge in [0.05, 0.1) is 11.3 Å². The van der Waals surface area contributed by atoms with Crippen molar-refractivity contribution in [2.75, 3.05) is 12.4 Å². The molecule has 0 amide bonds. The zero-order chi connectivity index (χ0) is 18.9. The van der Waals surface area contributed by atoms with Gasteiger partial charge in [-0.1, -0.05) is 37.6 Å². The zero-order valence-corrected chi connectivity index (χ0v) is 16.8. The van der Waals surface area contributed by atoms with Gasteiger partial charge in [0.25, 0.3) is 0 Å². The molecule has 1 aliphatic carbocycles. The molecule has 0 aromatic heterocycles. The van der Waals surface area contributed by atoms with Crippen LogP contribution in [0.2, 0.25) is 0 Å². The summed E-state index contributed by atoms with van der Waals surface area (Å²) in [5, 5.41) is 14.5. The molecule has 5 heteroatoms. The fourth-order valence-electron chi connectivity index (χ4n) is 3.06. The Morgan fingerprint density at radius 2 is 1.96 bits per heavy atom. The highest BCUT2D eigenvalue weighted by Crippen LogP contribution is 2.35. The van der Waals surface area contributed by atoms with E-state index in [4.69, 9.17) is 4.84 Å². The molecule has 0 saturated heterocycles. The van der Waals surface area contributed by atoms with Crippen LogP contribution in [0.4, 0.5) is 0 Å². The lowest BCUT2D eigenvalue weighted by molar-refractivity contribution is -0.116. The first-order chi connectivity index (χ1) is 12.6. The number of aliphatic hydroxyl groups is 1. The smallest absolute Gasteiger partial charge is 0.168 e. The minimum Gasteiger partial charge on any atom is -0.511 e. The summed E-state index contributed by atoms with van der Waals surface area (Å²) in [4.78, 5) is 19.0. The van der Waals surface area contributed by atoms with Crippen molar-refractivity contribution in [2.45, 2.75) is 63.7 Å². The van der Waals surface area contributed by atoms with Crippen molar-refractivity contribution in [1.29, 1.82) is 0 Å². The molecule has 0 fully saturated rings. The van der Waals surface area contributed by atoms with Gasteiger partial charge in [0.15, 0.2) is 5.78 Å². The third kappa shape index (κ3) is 5.37. The van der Waals surface area contributed by atoms with Crippen molar-refractivity contribution in [3.63, 3.8) is 0 Å². The number of Topliss-reactive ketones (excluding diaryl/α,β-unsaturated/α-hetero) is 1. The molecule has 142 valence electrons. The molecule has 4 nitrogen and oxygen atoms in total. The van der Waals surface area contributed by atoms with Crippen LogP contribution in [0.3, 0.4) is 0 Å². The van der Waals surface area contributed by atoms with Crippen LogP contribution in [0.25, 0.3) is 0 Å². The SMILES string of the molecule is CCCCSc1ccc(C2CC(=O)C(C(CC)=NOCC)=C(O)C2)cc1. The van der Waals surface area contributed by atoms with E-state index in [9.17, 15) is 9.90 Å². The Morgan fingerprint density at radius 3 is 2.54 bits per heavy atom. The van der Waals surface area contributed by atoms with Crippen molar-refractivity contribution in [2.24, 2.45) is 5.16 Å².